The highest BCUT2D eigenvalue weighted by Gasteiger charge is 2.18. The summed E-state index contributed by atoms with van der Waals surface area (Å²) in [6.07, 6.45) is 2.04. The Morgan fingerprint density at radius 3 is 2.29 bits per heavy atom. The quantitative estimate of drug-likeness (QED) is 0.603. The monoisotopic (exact) mass is 201 g/mol. The van der Waals surface area contributed by atoms with Crippen LogP contribution in [-0.2, 0) is 9.84 Å². The molecule has 0 N–H and O–H groups in total. The highest BCUT2D eigenvalue weighted by atomic mass is 16.6. The van der Waals surface area contributed by atoms with Crippen molar-refractivity contribution < 1.29 is 9.84 Å². The molecule has 0 aromatic rings. The van der Waals surface area contributed by atoms with Crippen molar-refractivity contribution in [2.75, 3.05) is 6.61 Å². The third-order valence-electron chi connectivity index (χ3n) is 2.13. The number of hydrogen-bond donors (Lipinski definition) is 0. The Morgan fingerprint density at radius 1 is 1.29 bits per heavy atom. The van der Waals surface area contributed by atoms with Crippen molar-refractivity contribution in [3.05, 3.63) is 0 Å². The molecule has 0 aromatic carbocycles. The van der Waals surface area contributed by atoms with Crippen LogP contribution in [0.5, 0.6) is 0 Å². The van der Waals surface area contributed by atoms with Crippen LogP contribution >= 0.6 is 0 Å². The molecule has 0 amide bonds. The predicted octanol–water partition coefficient (Wildman–Crippen LogP) is 3.63. The Labute approximate surface area is 88.7 Å². The molecule has 2 heteroatoms. The van der Waals surface area contributed by atoms with Crippen molar-refractivity contribution in [3.63, 3.8) is 0 Å². The molecule has 0 saturated carbocycles. The number of hydrogen-bond acceptors (Lipinski definition) is 1. The molecule has 1 radical (unpaired) electrons. The average molecular weight is 201 g/mol. The van der Waals surface area contributed by atoms with E-state index in [0.29, 0.717) is 18.9 Å². The van der Waals surface area contributed by atoms with Gasteiger partial charge in [-0.05, 0) is 17.8 Å². The van der Waals surface area contributed by atoms with Crippen molar-refractivity contribution in [3.8, 4) is 0 Å². The van der Waals surface area contributed by atoms with E-state index in [4.69, 9.17) is 4.74 Å². The van der Waals surface area contributed by atoms with Gasteiger partial charge in [0.2, 0.25) is 0 Å². The second-order valence-electron chi connectivity index (χ2n) is 5.42. The number of rotatable bonds is 6. The molecule has 2 nitrogen and oxygen atoms in total. The van der Waals surface area contributed by atoms with Crippen molar-refractivity contribution >= 4 is 0 Å². The summed E-state index contributed by atoms with van der Waals surface area (Å²) in [5, 5.41) is 11.4. The largest absolute Gasteiger partial charge is 0.349 e. The van der Waals surface area contributed by atoms with E-state index in [2.05, 4.69) is 34.6 Å². The van der Waals surface area contributed by atoms with Crippen LogP contribution in [-0.4, -0.2) is 12.9 Å². The molecule has 0 rings (SSSR count). The predicted molar refractivity (Wildman–Crippen MR) is 58.6 cm³/mol. The summed E-state index contributed by atoms with van der Waals surface area (Å²) < 4.78 is 5.28. The fourth-order valence-corrected chi connectivity index (χ4v) is 1.41. The molecule has 0 spiro atoms. The fraction of sp³-hybridized carbons (Fsp3) is 1.00. The molecule has 0 heterocycles. The van der Waals surface area contributed by atoms with Gasteiger partial charge in [0.15, 0.2) is 6.29 Å². The maximum Gasteiger partial charge on any atom is 0.191 e. The Bertz CT molecular complexity index is 138. The third kappa shape index (κ3) is 8.52. The van der Waals surface area contributed by atoms with Crippen molar-refractivity contribution in [2.24, 2.45) is 11.3 Å². The minimum Gasteiger partial charge on any atom is -0.349 e. The van der Waals surface area contributed by atoms with Gasteiger partial charge >= 0.3 is 0 Å². The van der Waals surface area contributed by atoms with Crippen molar-refractivity contribution in [2.45, 2.75) is 60.2 Å². The van der Waals surface area contributed by atoms with E-state index in [1.807, 2.05) is 0 Å². The second-order valence-corrected chi connectivity index (χ2v) is 5.42. The van der Waals surface area contributed by atoms with Gasteiger partial charge in [0.25, 0.3) is 0 Å². The summed E-state index contributed by atoms with van der Waals surface area (Å²) in [4.78, 5) is 0. The van der Waals surface area contributed by atoms with E-state index < -0.39 is 6.29 Å². The molecule has 0 bridgehead atoms. The fourth-order valence-electron chi connectivity index (χ4n) is 1.41. The van der Waals surface area contributed by atoms with Crippen LogP contribution in [0.1, 0.15) is 53.9 Å². The molecule has 0 saturated heterocycles. The van der Waals surface area contributed by atoms with Gasteiger partial charge in [0.05, 0.1) is 6.61 Å². The van der Waals surface area contributed by atoms with Crippen molar-refractivity contribution in [1.82, 2.24) is 0 Å². The average Bonchev–Trinajstić information content (AvgIpc) is 1.98. The molecule has 2 unspecified atom stereocenters. The normalized spacial score (nSPS) is 16.7. The minimum atomic E-state index is -0.852. The minimum absolute atomic E-state index is 0.0699. The molecular weight excluding hydrogens is 176 g/mol. The zero-order valence-corrected chi connectivity index (χ0v) is 10.3. The first-order valence-corrected chi connectivity index (χ1v) is 5.62. The van der Waals surface area contributed by atoms with E-state index in [1.54, 1.807) is 0 Å². The van der Waals surface area contributed by atoms with E-state index in [-0.39, 0.29) is 5.41 Å². The van der Waals surface area contributed by atoms with Crippen LogP contribution in [0.2, 0.25) is 0 Å². The smallest absolute Gasteiger partial charge is 0.191 e. The Balaban J connectivity index is 3.58. The molecule has 0 aliphatic carbocycles. The summed E-state index contributed by atoms with van der Waals surface area (Å²) in [6, 6.07) is 0. The summed E-state index contributed by atoms with van der Waals surface area (Å²) in [6.45, 7) is 11.1. The molecule has 0 aromatic heterocycles. The first-order chi connectivity index (χ1) is 6.35. The van der Waals surface area contributed by atoms with Crippen LogP contribution in [0.3, 0.4) is 0 Å². The zero-order valence-electron chi connectivity index (χ0n) is 10.3. The summed E-state index contributed by atoms with van der Waals surface area (Å²) >= 11 is 0. The van der Waals surface area contributed by atoms with Crippen molar-refractivity contribution in [1.29, 1.82) is 0 Å². The van der Waals surface area contributed by atoms with E-state index in [9.17, 15) is 5.11 Å². The van der Waals surface area contributed by atoms with Gasteiger partial charge in [-0.15, -0.1) is 0 Å². The highest BCUT2D eigenvalue weighted by molar-refractivity contribution is 4.63. The maximum atomic E-state index is 11.4. The van der Waals surface area contributed by atoms with Gasteiger partial charge in [-0.25, -0.2) is 5.11 Å². The first-order valence-electron chi connectivity index (χ1n) is 5.62. The zero-order chi connectivity index (χ0) is 11.2. The Kier molecular flexibility index (Phi) is 6.38. The lowest BCUT2D eigenvalue weighted by Gasteiger charge is -2.22. The van der Waals surface area contributed by atoms with Crippen LogP contribution in [0.4, 0.5) is 0 Å². The van der Waals surface area contributed by atoms with Gasteiger partial charge < -0.3 is 4.74 Å². The molecule has 14 heavy (non-hydrogen) atoms. The van der Waals surface area contributed by atoms with Gasteiger partial charge in [0, 0.05) is 6.42 Å². The molecule has 2 atom stereocenters. The number of ether oxygens (including phenoxy) is 1. The highest BCUT2D eigenvalue weighted by Crippen LogP contribution is 2.21. The second kappa shape index (κ2) is 6.41. The lowest BCUT2D eigenvalue weighted by Crippen LogP contribution is -2.21. The lowest BCUT2D eigenvalue weighted by atomic mass is 9.92. The Hall–Kier alpha value is -0.0800. The summed E-state index contributed by atoms with van der Waals surface area (Å²) in [5.41, 5.74) is 0.0699. The molecule has 0 fully saturated rings. The van der Waals surface area contributed by atoms with Crippen LogP contribution in [0.15, 0.2) is 0 Å². The first kappa shape index (κ1) is 13.9. The SMILES string of the molecule is CCCC(C)COC([O])CC(C)(C)C. The van der Waals surface area contributed by atoms with Crippen LogP contribution < -0.4 is 0 Å². The van der Waals surface area contributed by atoms with E-state index in [0.717, 1.165) is 12.8 Å². The lowest BCUT2D eigenvalue weighted by molar-refractivity contribution is -0.162. The van der Waals surface area contributed by atoms with Gasteiger partial charge in [0.1, 0.15) is 0 Å². The summed E-state index contributed by atoms with van der Waals surface area (Å²) in [5.74, 6) is 0.511. The standard InChI is InChI=1S/C12H25O2/c1-6-7-10(2)9-14-11(13)8-12(3,4)5/h10-11H,6-9H2,1-5H3. The van der Waals surface area contributed by atoms with E-state index >= 15 is 0 Å². The molecule has 85 valence electrons. The van der Waals surface area contributed by atoms with E-state index in [1.165, 1.54) is 0 Å². The third-order valence-corrected chi connectivity index (χ3v) is 2.13. The summed E-state index contributed by atoms with van der Waals surface area (Å²) in [7, 11) is 0. The van der Waals surface area contributed by atoms with Gasteiger partial charge in [-0.2, -0.15) is 0 Å². The van der Waals surface area contributed by atoms with Gasteiger partial charge in [-0.1, -0.05) is 41.0 Å². The topological polar surface area (TPSA) is 29.1 Å². The Morgan fingerprint density at radius 2 is 1.86 bits per heavy atom. The molecular formula is C12H25O2. The maximum absolute atomic E-state index is 11.4. The van der Waals surface area contributed by atoms with Gasteiger partial charge in [-0.3, -0.25) is 0 Å². The van der Waals surface area contributed by atoms with Crippen LogP contribution in [0.25, 0.3) is 0 Å². The molecule has 0 aliphatic heterocycles. The molecule has 0 aliphatic rings. The van der Waals surface area contributed by atoms with Crippen LogP contribution in [0, 0.1) is 11.3 Å².